The van der Waals surface area contributed by atoms with Gasteiger partial charge in [-0.25, -0.2) is 13.6 Å². The molecule has 0 aromatic heterocycles. The fourth-order valence-electron chi connectivity index (χ4n) is 1.30. The van der Waals surface area contributed by atoms with Gasteiger partial charge in [-0.05, 0) is 23.2 Å². The first-order valence-electron chi connectivity index (χ1n) is 4.86. The average Bonchev–Trinajstić information content (AvgIpc) is 2.34. The first-order valence-corrected chi connectivity index (χ1v) is 6.40. The number of rotatable bonds is 5. The standard InChI is InChI=1S/C9H12N4O4S/c10-13-12-5-8(14)9(15)6-1-3-7(4-2-6)18(11,16)17/h1-4,8-9,14-15H,5H2,(H2,11,16,17). The zero-order valence-electron chi connectivity index (χ0n) is 9.21. The average molecular weight is 272 g/mol. The highest BCUT2D eigenvalue weighted by Crippen LogP contribution is 2.19. The van der Waals surface area contributed by atoms with Crippen LogP contribution in [-0.2, 0) is 10.0 Å². The highest BCUT2D eigenvalue weighted by atomic mass is 32.2. The van der Waals surface area contributed by atoms with E-state index in [1.54, 1.807) is 0 Å². The van der Waals surface area contributed by atoms with Gasteiger partial charge >= 0.3 is 0 Å². The summed E-state index contributed by atoms with van der Waals surface area (Å²) in [5, 5.41) is 27.2. The quantitative estimate of drug-likeness (QED) is 0.394. The first-order chi connectivity index (χ1) is 8.36. The summed E-state index contributed by atoms with van der Waals surface area (Å²) >= 11 is 0. The molecule has 0 heterocycles. The number of azide groups is 1. The zero-order chi connectivity index (χ0) is 13.8. The molecule has 1 aromatic rings. The van der Waals surface area contributed by atoms with Crippen molar-refractivity contribution in [2.24, 2.45) is 10.3 Å². The predicted octanol–water partition coefficient (Wildman–Crippen LogP) is 0.0386. The molecule has 0 saturated carbocycles. The first kappa shape index (κ1) is 14.4. The molecule has 0 aliphatic rings. The van der Waals surface area contributed by atoms with Crippen molar-refractivity contribution in [3.8, 4) is 0 Å². The third-order valence-electron chi connectivity index (χ3n) is 2.25. The third-order valence-corrected chi connectivity index (χ3v) is 3.18. The van der Waals surface area contributed by atoms with E-state index in [-0.39, 0.29) is 11.4 Å². The summed E-state index contributed by atoms with van der Waals surface area (Å²) in [6, 6.07) is 5.08. The number of nitrogens with two attached hydrogens (primary N) is 1. The zero-order valence-corrected chi connectivity index (χ0v) is 10.0. The van der Waals surface area contributed by atoms with Gasteiger partial charge in [0.25, 0.3) is 0 Å². The highest BCUT2D eigenvalue weighted by molar-refractivity contribution is 7.89. The second kappa shape index (κ2) is 5.80. The largest absolute Gasteiger partial charge is 0.390 e. The topological polar surface area (TPSA) is 149 Å². The van der Waals surface area contributed by atoms with Crippen LogP contribution in [-0.4, -0.2) is 31.3 Å². The van der Waals surface area contributed by atoms with Gasteiger partial charge in [0.2, 0.25) is 10.0 Å². The minimum absolute atomic E-state index is 0.0945. The van der Waals surface area contributed by atoms with Crippen molar-refractivity contribution in [2.75, 3.05) is 6.54 Å². The Kier molecular flexibility index (Phi) is 4.65. The van der Waals surface area contributed by atoms with E-state index in [0.717, 1.165) is 0 Å². The minimum atomic E-state index is -3.79. The molecule has 18 heavy (non-hydrogen) atoms. The Morgan fingerprint density at radius 3 is 2.33 bits per heavy atom. The molecule has 9 heteroatoms. The van der Waals surface area contributed by atoms with Crippen LogP contribution in [0.2, 0.25) is 0 Å². The fraction of sp³-hybridized carbons (Fsp3) is 0.333. The van der Waals surface area contributed by atoms with Gasteiger partial charge in [0, 0.05) is 4.91 Å². The number of aliphatic hydroxyl groups excluding tert-OH is 2. The van der Waals surface area contributed by atoms with Crippen molar-refractivity contribution in [1.29, 1.82) is 0 Å². The Bertz CT molecular complexity index is 550. The van der Waals surface area contributed by atoms with Crippen molar-refractivity contribution >= 4 is 10.0 Å². The van der Waals surface area contributed by atoms with E-state index in [0.29, 0.717) is 5.56 Å². The van der Waals surface area contributed by atoms with E-state index in [4.69, 9.17) is 10.7 Å². The minimum Gasteiger partial charge on any atom is -0.390 e. The molecule has 1 aromatic carbocycles. The van der Waals surface area contributed by atoms with Crippen molar-refractivity contribution in [2.45, 2.75) is 17.1 Å². The molecule has 0 fully saturated rings. The lowest BCUT2D eigenvalue weighted by molar-refractivity contribution is 0.0244. The van der Waals surface area contributed by atoms with E-state index < -0.39 is 22.2 Å². The molecule has 0 aliphatic carbocycles. The normalized spacial score (nSPS) is 14.6. The molecular formula is C9H12N4O4S. The maximum absolute atomic E-state index is 11.0. The number of primary sulfonamides is 1. The van der Waals surface area contributed by atoms with Gasteiger partial charge < -0.3 is 10.2 Å². The maximum Gasteiger partial charge on any atom is 0.238 e. The van der Waals surface area contributed by atoms with Gasteiger partial charge in [-0.15, -0.1) is 0 Å². The molecule has 0 saturated heterocycles. The van der Waals surface area contributed by atoms with Gasteiger partial charge in [0.15, 0.2) is 0 Å². The number of hydrogen-bond acceptors (Lipinski definition) is 5. The Labute approximate surface area is 103 Å². The highest BCUT2D eigenvalue weighted by Gasteiger charge is 2.18. The van der Waals surface area contributed by atoms with Crippen molar-refractivity contribution in [1.82, 2.24) is 0 Å². The number of hydrogen-bond donors (Lipinski definition) is 3. The molecule has 2 atom stereocenters. The molecule has 0 radical (unpaired) electrons. The number of sulfonamides is 1. The Morgan fingerprint density at radius 2 is 1.89 bits per heavy atom. The van der Waals surface area contributed by atoms with E-state index in [2.05, 4.69) is 10.0 Å². The van der Waals surface area contributed by atoms with Gasteiger partial charge in [-0.3, -0.25) is 0 Å². The van der Waals surface area contributed by atoms with Crippen molar-refractivity contribution in [3.05, 3.63) is 40.3 Å². The second-order valence-corrected chi connectivity index (χ2v) is 5.10. The second-order valence-electron chi connectivity index (χ2n) is 3.54. The van der Waals surface area contributed by atoms with Crippen LogP contribution in [0.15, 0.2) is 34.3 Å². The summed E-state index contributed by atoms with van der Waals surface area (Å²) in [4.78, 5) is 2.36. The van der Waals surface area contributed by atoms with Crippen LogP contribution >= 0.6 is 0 Å². The third kappa shape index (κ3) is 3.69. The maximum atomic E-state index is 11.0. The Hall–Kier alpha value is -1.64. The van der Waals surface area contributed by atoms with Crippen LogP contribution in [0.3, 0.4) is 0 Å². The Morgan fingerprint density at radius 1 is 1.33 bits per heavy atom. The molecule has 0 aliphatic heterocycles. The van der Waals surface area contributed by atoms with Gasteiger partial charge in [-0.2, -0.15) is 0 Å². The van der Waals surface area contributed by atoms with Gasteiger partial charge in [-0.1, -0.05) is 17.2 Å². The summed E-state index contributed by atoms with van der Waals surface area (Å²) in [7, 11) is -3.79. The van der Waals surface area contributed by atoms with Gasteiger partial charge in [0.1, 0.15) is 6.10 Å². The van der Waals surface area contributed by atoms with Crippen LogP contribution in [0.1, 0.15) is 11.7 Å². The fourth-order valence-corrected chi connectivity index (χ4v) is 1.81. The molecule has 1 rings (SSSR count). The number of aliphatic hydroxyl groups is 2. The number of benzene rings is 1. The van der Waals surface area contributed by atoms with Crippen LogP contribution in [0, 0.1) is 0 Å². The summed E-state index contributed by atoms with van der Waals surface area (Å²) in [6.45, 7) is -0.283. The van der Waals surface area contributed by atoms with Crippen LogP contribution in [0.5, 0.6) is 0 Å². The molecule has 0 spiro atoms. The molecule has 8 nitrogen and oxygen atoms in total. The predicted molar refractivity (Wildman–Crippen MR) is 62.8 cm³/mol. The van der Waals surface area contributed by atoms with Crippen molar-refractivity contribution in [3.63, 3.8) is 0 Å². The van der Waals surface area contributed by atoms with Crippen LogP contribution in [0.4, 0.5) is 0 Å². The van der Waals surface area contributed by atoms with Crippen LogP contribution in [0.25, 0.3) is 10.4 Å². The molecule has 2 unspecified atom stereocenters. The van der Waals surface area contributed by atoms with E-state index >= 15 is 0 Å². The molecule has 4 N–H and O–H groups in total. The smallest absolute Gasteiger partial charge is 0.238 e. The van der Waals surface area contributed by atoms with E-state index in [1.807, 2.05) is 0 Å². The summed E-state index contributed by atoms with van der Waals surface area (Å²) in [5.41, 5.74) is 8.37. The van der Waals surface area contributed by atoms with Gasteiger partial charge in [0.05, 0.1) is 17.5 Å². The van der Waals surface area contributed by atoms with Crippen molar-refractivity contribution < 1.29 is 18.6 Å². The summed E-state index contributed by atoms with van der Waals surface area (Å²) in [5.74, 6) is 0. The molecule has 0 amide bonds. The molecule has 98 valence electrons. The molecular weight excluding hydrogens is 260 g/mol. The number of nitrogens with zero attached hydrogens (tertiary/aromatic N) is 3. The lowest BCUT2D eigenvalue weighted by Crippen LogP contribution is -2.21. The lowest BCUT2D eigenvalue weighted by Gasteiger charge is -2.16. The SMILES string of the molecule is [N-]=[N+]=NCC(O)C(O)c1ccc(S(N)(=O)=O)cc1. The van der Waals surface area contributed by atoms with E-state index in [9.17, 15) is 18.6 Å². The monoisotopic (exact) mass is 272 g/mol. The summed E-state index contributed by atoms with van der Waals surface area (Å²) < 4.78 is 22.0. The summed E-state index contributed by atoms with van der Waals surface area (Å²) in [6.07, 6.45) is -2.54. The molecule has 0 bridgehead atoms. The van der Waals surface area contributed by atoms with E-state index in [1.165, 1.54) is 24.3 Å². The lowest BCUT2D eigenvalue weighted by atomic mass is 10.0. The Balaban J connectivity index is 2.88. The van der Waals surface area contributed by atoms with Crippen LogP contribution < -0.4 is 5.14 Å².